The molecule has 4 fully saturated rings. The summed E-state index contributed by atoms with van der Waals surface area (Å²) < 4.78 is 1.99. The van der Waals surface area contributed by atoms with Crippen LogP contribution in [0.15, 0.2) is 6.20 Å². The highest BCUT2D eigenvalue weighted by Crippen LogP contribution is 2.69. The van der Waals surface area contributed by atoms with Crippen molar-refractivity contribution in [3.05, 3.63) is 17.5 Å². The topological polar surface area (TPSA) is 46.9 Å². The van der Waals surface area contributed by atoms with E-state index < -0.39 is 0 Å². The molecule has 4 nitrogen and oxygen atoms in total. The Kier molecular flexibility index (Phi) is 3.43. The summed E-state index contributed by atoms with van der Waals surface area (Å²) in [6, 6.07) is 0. The van der Waals surface area contributed by atoms with Gasteiger partial charge >= 0.3 is 0 Å². The zero-order valence-electron chi connectivity index (χ0n) is 15.6. The minimum Gasteiger partial charge on any atom is -0.351 e. The van der Waals surface area contributed by atoms with Crippen LogP contribution in [0.2, 0.25) is 0 Å². The molecule has 0 aromatic carbocycles. The lowest BCUT2D eigenvalue weighted by molar-refractivity contribution is -0.170. The van der Waals surface area contributed by atoms with Gasteiger partial charge in [-0.3, -0.25) is 9.48 Å². The fraction of sp³-hybridized carbons (Fsp3) is 0.800. The Morgan fingerprint density at radius 2 is 1.92 bits per heavy atom. The molecule has 1 aromatic rings. The molecule has 1 N–H and O–H groups in total. The van der Waals surface area contributed by atoms with Gasteiger partial charge in [-0.1, -0.05) is 13.8 Å². The summed E-state index contributed by atoms with van der Waals surface area (Å²) in [5, 5.41) is 7.67. The molecule has 24 heavy (non-hydrogen) atoms. The van der Waals surface area contributed by atoms with Crippen LogP contribution in [-0.4, -0.2) is 15.7 Å². The van der Waals surface area contributed by atoms with Crippen molar-refractivity contribution in [1.82, 2.24) is 15.1 Å². The van der Waals surface area contributed by atoms with E-state index in [4.69, 9.17) is 0 Å². The Morgan fingerprint density at radius 1 is 1.25 bits per heavy atom. The van der Waals surface area contributed by atoms with E-state index >= 15 is 0 Å². The van der Waals surface area contributed by atoms with Crippen LogP contribution in [0.5, 0.6) is 0 Å². The smallest absolute Gasteiger partial charge is 0.226 e. The van der Waals surface area contributed by atoms with Crippen molar-refractivity contribution >= 4 is 5.91 Å². The van der Waals surface area contributed by atoms with E-state index in [1.807, 2.05) is 10.9 Å². The number of nitrogens with zero attached hydrogens (tertiary/aromatic N) is 2. The van der Waals surface area contributed by atoms with Crippen molar-refractivity contribution in [2.75, 3.05) is 0 Å². The van der Waals surface area contributed by atoms with Gasteiger partial charge in [-0.2, -0.15) is 5.10 Å². The highest BCUT2D eigenvalue weighted by Gasteiger charge is 2.62. The van der Waals surface area contributed by atoms with E-state index in [1.54, 1.807) is 0 Å². The Balaban J connectivity index is 1.51. The number of hydrogen-bond acceptors (Lipinski definition) is 2. The maximum absolute atomic E-state index is 13.2. The van der Waals surface area contributed by atoms with Crippen molar-refractivity contribution in [2.24, 2.45) is 22.2 Å². The SMILES string of the molecule is CCn1ncc(CNC(=O)C23CC4CC(C)(CC(C)(C4)C2)C3)c1C. The van der Waals surface area contributed by atoms with Crippen LogP contribution >= 0.6 is 0 Å². The number of aromatic nitrogens is 2. The minimum absolute atomic E-state index is 0.114. The van der Waals surface area contributed by atoms with Gasteiger partial charge < -0.3 is 5.32 Å². The third-order valence-corrected chi connectivity index (χ3v) is 7.05. The van der Waals surface area contributed by atoms with Crippen LogP contribution in [0.4, 0.5) is 0 Å². The van der Waals surface area contributed by atoms with Gasteiger partial charge in [0.25, 0.3) is 0 Å². The molecule has 5 rings (SSSR count). The van der Waals surface area contributed by atoms with Crippen molar-refractivity contribution in [3.63, 3.8) is 0 Å². The average Bonchev–Trinajstić information content (AvgIpc) is 2.81. The molecule has 4 aliphatic rings. The number of aryl methyl sites for hydroxylation is 1. The van der Waals surface area contributed by atoms with Crippen molar-refractivity contribution in [2.45, 2.75) is 79.3 Å². The summed E-state index contributed by atoms with van der Waals surface area (Å²) in [5.74, 6) is 1.05. The van der Waals surface area contributed by atoms with Crippen LogP contribution in [0.3, 0.4) is 0 Å². The molecule has 2 atom stereocenters. The van der Waals surface area contributed by atoms with E-state index in [-0.39, 0.29) is 5.41 Å². The largest absolute Gasteiger partial charge is 0.351 e. The second-order valence-electron chi connectivity index (χ2n) is 9.66. The van der Waals surface area contributed by atoms with E-state index in [1.165, 1.54) is 25.0 Å². The number of carbonyl (C=O) groups excluding carboxylic acids is 1. The number of hydrogen-bond donors (Lipinski definition) is 1. The molecule has 4 saturated carbocycles. The molecule has 4 heteroatoms. The summed E-state index contributed by atoms with van der Waals surface area (Å²) in [7, 11) is 0. The first-order valence-electron chi connectivity index (χ1n) is 9.56. The highest BCUT2D eigenvalue weighted by atomic mass is 16.2. The Morgan fingerprint density at radius 3 is 2.46 bits per heavy atom. The molecule has 1 amide bonds. The molecule has 0 spiro atoms. The molecule has 0 radical (unpaired) electrons. The van der Waals surface area contributed by atoms with E-state index in [9.17, 15) is 4.79 Å². The molecular formula is C20H31N3O. The Hall–Kier alpha value is -1.32. The van der Waals surface area contributed by atoms with Gasteiger partial charge in [0.05, 0.1) is 11.6 Å². The maximum Gasteiger partial charge on any atom is 0.226 e. The molecular weight excluding hydrogens is 298 g/mol. The first-order chi connectivity index (χ1) is 11.3. The zero-order valence-corrected chi connectivity index (χ0v) is 15.6. The molecule has 2 unspecified atom stereocenters. The summed E-state index contributed by atoms with van der Waals surface area (Å²) in [6.45, 7) is 10.5. The Labute approximate surface area is 145 Å². The normalized spacial score (nSPS) is 40.1. The molecule has 4 aliphatic carbocycles. The van der Waals surface area contributed by atoms with Crippen LogP contribution in [-0.2, 0) is 17.9 Å². The molecule has 1 heterocycles. The van der Waals surface area contributed by atoms with Gasteiger partial charge in [0.15, 0.2) is 0 Å². The summed E-state index contributed by atoms with van der Waals surface area (Å²) in [6.07, 6.45) is 9.17. The van der Waals surface area contributed by atoms with Gasteiger partial charge in [0.1, 0.15) is 0 Å². The minimum atomic E-state index is -0.114. The number of amides is 1. The predicted molar refractivity (Wildman–Crippen MR) is 94.3 cm³/mol. The van der Waals surface area contributed by atoms with Crippen LogP contribution < -0.4 is 5.32 Å². The Bertz CT molecular complexity index is 658. The van der Waals surface area contributed by atoms with Gasteiger partial charge in [-0.25, -0.2) is 0 Å². The third kappa shape index (κ3) is 2.41. The fourth-order valence-electron chi connectivity index (χ4n) is 7.04. The van der Waals surface area contributed by atoms with E-state index in [0.29, 0.717) is 23.3 Å². The molecule has 132 valence electrons. The lowest BCUT2D eigenvalue weighted by Crippen LogP contribution is -2.59. The highest BCUT2D eigenvalue weighted by molar-refractivity contribution is 5.83. The van der Waals surface area contributed by atoms with E-state index in [2.05, 4.69) is 38.1 Å². The zero-order chi connectivity index (χ0) is 17.2. The monoisotopic (exact) mass is 329 g/mol. The average molecular weight is 329 g/mol. The number of rotatable bonds is 4. The van der Waals surface area contributed by atoms with Gasteiger partial charge in [0.2, 0.25) is 5.91 Å². The predicted octanol–water partition coefficient (Wildman–Crippen LogP) is 3.82. The summed E-state index contributed by atoms with van der Waals surface area (Å²) >= 11 is 0. The standard InChI is InChI=1S/C20H31N3O/c1-5-23-14(2)16(10-22-23)9-21-17(24)20-8-15-6-18(3,12-20)11-19(4,7-15)13-20/h10,15H,5-9,11-13H2,1-4H3,(H,21,24). The second-order valence-corrected chi connectivity index (χ2v) is 9.66. The van der Waals surface area contributed by atoms with Crippen LogP contribution in [0, 0.1) is 29.1 Å². The van der Waals surface area contributed by atoms with Gasteiger partial charge in [0, 0.05) is 24.3 Å². The lowest BCUT2D eigenvalue weighted by Gasteiger charge is -2.64. The summed E-state index contributed by atoms with van der Waals surface area (Å²) in [4.78, 5) is 13.2. The van der Waals surface area contributed by atoms with Crippen LogP contribution in [0.25, 0.3) is 0 Å². The fourth-order valence-corrected chi connectivity index (χ4v) is 7.04. The molecule has 0 saturated heterocycles. The number of nitrogens with one attached hydrogen (secondary N) is 1. The lowest BCUT2D eigenvalue weighted by atomic mass is 9.40. The van der Waals surface area contributed by atoms with Gasteiger partial charge in [-0.05, 0) is 69.1 Å². The van der Waals surface area contributed by atoms with Crippen molar-refractivity contribution < 1.29 is 4.79 Å². The van der Waals surface area contributed by atoms with Crippen LogP contribution in [0.1, 0.15) is 70.6 Å². The number of carbonyl (C=O) groups is 1. The maximum atomic E-state index is 13.2. The van der Waals surface area contributed by atoms with Crippen molar-refractivity contribution in [1.29, 1.82) is 0 Å². The van der Waals surface area contributed by atoms with E-state index in [0.717, 1.165) is 37.3 Å². The van der Waals surface area contributed by atoms with Crippen molar-refractivity contribution in [3.8, 4) is 0 Å². The molecule has 0 aliphatic heterocycles. The first kappa shape index (κ1) is 16.2. The van der Waals surface area contributed by atoms with Gasteiger partial charge in [-0.15, -0.1) is 0 Å². The first-order valence-corrected chi connectivity index (χ1v) is 9.56. The molecule has 4 bridgehead atoms. The molecule has 1 aromatic heterocycles. The third-order valence-electron chi connectivity index (χ3n) is 7.05. The summed E-state index contributed by atoms with van der Waals surface area (Å²) in [5.41, 5.74) is 2.97. The second kappa shape index (κ2) is 5.09. The quantitative estimate of drug-likeness (QED) is 0.912.